The maximum atomic E-state index is 11.7. The molecule has 1 saturated heterocycles. The SMILES string of the molecule is Nc1ccn([C@@H]2OC(COP(=O)([O-])OP(=O)([O-])[O-])[C@@H](O)C2O)c(=O)n1.[Na+].[Na+].[Na+]. The second-order valence-electron chi connectivity index (χ2n) is 4.86. The minimum absolute atomic E-state index is 0. The Morgan fingerprint density at radius 1 is 1.21 bits per heavy atom. The van der Waals surface area contributed by atoms with E-state index in [2.05, 4.69) is 13.8 Å². The fourth-order valence-corrected chi connectivity index (χ4v) is 3.52. The Kier molecular flexibility index (Phi) is 14.6. The predicted octanol–water partition coefficient (Wildman–Crippen LogP) is -13.2. The zero-order valence-corrected chi connectivity index (χ0v) is 22.9. The van der Waals surface area contributed by atoms with Gasteiger partial charge in [0.2, 0.25) is 0 Å². The van der Waals surface area contributed by atoms with Crippen LogP contribution in [0.5, 0.6) is 0 Å². The van der Waals surface area contributed by atoms with Crippen molar-refractivity contribution < 1.29 is 136 Å². The summed E-state index contributed by atoms with van der Waals surface area (Å²) in [7, 11) is -11.4. The van der Waals surface area contributed by atoms with Gasteiger partial charge in [-0.05, 0) is 6.07 Å². The van der Waals surface area contributed by atoms with Gasteiger partial charge in [-0.1, -0.05) is 0 Å². The number of ether oxygens (including phenoxy) is 1. The van der Waals surface area contributed by atoms with E-state index in [1.54, 1.807) is 0 Å². The summed E-state index contributed by atoms with van der Waals surface area (Å²) < 4.78 is 34.7. The van der Waals surface area contributed by atoms with Gasteiger partial charge in [-0.2, -0.15) is 4.98 Å². The smallest absolute Gasteiger partial charge is 0.790 e. The molecule has 2 rings (SSSR count). The van der Waals surface area contributed by atoms with Crippen LogP contribution in [0.25, 0.3) is 0 Å². The van der Waals surface area contributed by atoms with E-state index in [0.717, 1.165) is 10.8 Å². The number of aromatic nitrogens is 2. The van der Waals surface area contributed by atoms with Crippen LogP contribution in [-0.4, -0.2) is 44.7 Å². The molecule has 1 aliphatic rings. The van der Waals surface area contributed by atoms with Crippen molar-refractivity contribution in [3.8, 4) is 0 Å². The number of aliphatic hydroxyl groups is 2. The minimum atomic E-state index is -5.87. The maximum Gasteiger partial charge on any atom is 1.00 e. The van der Waals surface area contributed by atoms with Gasteiger partial charge in [-0.15, -0.1) is 0 Å². The van der Waals surface area contributed by atoms with Crippen LogP contribution < -0.4 is 115 Å². The number of hydrogen-bond acceptors (Lipinski definition) is 13. The van der Waals surface area contributed by atoms with Crippen molar-refractivity contribution in [2.45, 2.75) is 24.5 Å². The summed E-state index contributed by atoms with van der Waals surface area (Å²) in [5, 5.41) is 19.8. The van der Waals surface area contributed by atoms with Gasteiger partial charge < -0.3 is 44.5 Å². The van der Waals surface area contributed by atoms with Crippen LogP contribution in [0.3, 0.4) is 0 Å². The molecular weight excluding hydrogens is 457 g/mol. The molecule has 0 amide bonds. The molecule has 1 aliphatic heterocycles. The van der Waals surface area contributed by atoms with Crippen LogP contribution in [0.1, 0.15) is 6.23 Å². The fraction of sp³-hybridized carbons (Fsp3) is 0.556. The number of rotatable bonds is 6. The number of aliphatic hydroxyl groups excluding tert-OH is 2. The quantitative estimate of drug-likeness (QED) is 0.260. The van der Waals surface area contributed by atoms with Gasteiger partial charge in [0.05, 0.1) is 14.4 Å². The number of nitrogens with two attached hydrogens (primary N) is 1. The van der Waals surface area contributed by atoms with Crippen molar-refractivity contribution in [2.24, 2.45) is 0 Å². The van der Waals surface area contributed by atoms with Crippen molar-refractivity contribution in [2.75, 3.05) is 12.3 Å². The van der Waals surface area contributed by atoms with Crippen molar-refractivity contribution in [1.82, 2.24) is 9.55 Å². The fourth-order valence-electron chi connectivity index (χ4n) is 2.03. The molecule has 28 heavy (non-hydrogen) atoms. The Morgan fingerprint density at radius 3 is 2.29 bits per heavy atom. The Hall–Kier alpha value is 1.82. The summed E-state index contributed by atoms with van der Waals surface area (Å²) in [5.41, 5.74) is 4.40. The average Bonchev–Trinajstić information content (AvgIpc) is 2.71. The number of phosphoric acid groups is 2. The van der Waals surface area contributed by atoms with E-state index >= 15 is 0 Å². The summed E-state index contributed by atoms with van der Waals surface area (Å²) in [6.45, 7) is -0.993. The van der Waals surface area contributed by atoms with E-state index in [4.69, 9.17) is 10.5 Å². The van der Waals surface area contributed by atoms with E-state index < -0.39 is 52.5 Å². The summed E-state index contributed by atoms with van der Waals surface area (Å²) in [5.74, 6) is -0.0988. The normalized spacial score (nSPS) is 26.3. The van der Waals surface area contributed by atoms with Gasteiger partial charge in [-0.3, -0.25) is 13.4 Å². The number of phosphoric ester groups is 1. The Labute approximate surface area is 224 Å². The van der Waals surface area contributed by atoms with Crippen molar-refractivity contribution in [3.05, 3.63) is 22.7 Å². The van der Waals surface area contributed by atoms with E-state index in [0.29, 0.717) is 0 Å². The third-order valence-corrected chi connectivity index (χ3v) is 5.13. The monoisotopic (exact) mass is 469 g/mol. The molecule has 19 heteroatoms. The van der Waals surface area contributed by atoms with Crippen LogP contribution in [-0.2, 0) is 22.7 Å². The van der Waals surface area contributed by atoms with E-state index in [9.17, 15) is 38.8 Å². The molecule has 2 heterocycles. The molecule has 0 radical (unpaired) electrons. The second kappa shape index (κ2) is 12.8. The molecule has 1 fully saturated rings. The first-order valence-corrected chi connectivity index (χ1v) is 9.37. The number of hydrogen-bond donors (Lipinski definition) is 3. The van der Waals surface area contributed by atoms with Crippen LogP contribution in [0.4, 0.5) is 5.82 Å². The van der Waals surface area contributed by atoms with E-state index in [1.807, 2.05) is 0 Å². The third kappa shape index (κ3) is 9.13. The molecule has 5 atom stereocenters. The van der Waals surface area contributed by atoms with Crippen LogP contribution in [0.15, 0.2) is 17.1 Å². The molecule has 14 nitrogen and oxygen atoms in total. The maximum absolute atomic E-state index is 11.7. The second-order valence-corrected chi connectivity index (χ2v) is 7.56. The molecule has 0 saturated carbocycles. The molecular formula is C9H12N3Na3O11P2. The van der Waals surface area contributed by atoms with Crippen LogP contribution >= 0.6 is 15.6 Å². The summed E-state index contributed by atoms with van der Waals surface area (Å²) >= 11 is 0. The molecule has 0 bridgehead atoms. The van der Waals surface area contributed by atoms with Gasteiger partial charge in [-0.25, -0.2) is 4.79 Å². The Balaban J connectivity index is 0. The molecule has 4 N–H and O–H groups in total. The van der Waals surface area contributed by atoms with Gasteiger partial charge in [0, 0.05) is 6.20 Å². The summed E-state index contributed by atoms with van der Waals surface area (Å²) in [6, 6.07) is 1.22. The predicted molar refractivity (Wildman–Crippen MR) is 71.1 cm³/mol. The minimum Gasteiger partial charge on any atom is -0.790 e. The third-order valence-electron chi connectivity index (χ3n) is 3.06. The Morgan fingerprint density at radius 2 is 1.79 bits per heavy atom. The average molecular weight is 469 g/mol. The first-order chi connectivity index (χ1) is 11.4. The number of nitrogens with zero attached hydrogens (tertiary/aromatic N) is 2. The Bertz CT molecular complexity index is 792. The first kappa shape index (κ1) is 32.0. The zero-order valence-electron chi connectivity index (χ0n) is 15.1. The summed E-state index contributed by atoms with van der Waals surface area (Å²) in [4.78, 5) is 46.8. The van der Waals surface area contributed by atoms with Crippen molar-refractivity contribution in [1.29, 1.82) is 0 Å². The van der Waals surface area contributed by atoms with Crippen LogP contribution in [0, 0.1) is 0 Å². The molecule has 1 aromatic heterocycles. The van der Waals surface area contributed by atoms with Gasteiger partial charge in [0.25, 0.3) is 7.82 Å². The number of nitrogen functional groups attached to an aromatic ring is 1. The molecule has 0 aliphatic carbocycles. The van der Waals surface area contributed by atoms with Gasteiger partial charge in [0.1, 0.15) is 24.1 Å². The largest absolute Gasteiger partial charge is 1.00 e. The summed E-state index contributed by atoms with van der Waals surface area (Å²) in [6.07, 6.45) is -5.19. The molecule has 0 spiro atoms. The van der Waals surface area contributed by atoms with Crippen LogP contribution in [0.2, 0.25) is 0 Å². The van der Waals surface area contributed by atoms with Gasteiger partial charge >= 0.3 is 94.4 Å². The molecule has 1 aromatic rings. The van der Waals surface area contributed by atoms with E-state index in [-0.39, 0.29) is 94.5 Å². The standard InChI is InChI=1S/C9H15N3O11P2.3Na/c10-5-1-2-12(9(15)11-5)8-7(14)6(13)4(22-8)3-21-25(19,20)23-24(16,17)18;;;/h1-2,4,6-8,13-14H,3H2,(H,19,20)(H2,10,11,15)(H2,16,17,18);;;/q;3*+1/p-3/t4?,6-,7?,8-;;;/m1.../s1. The topological polar surface area (TPSA) is 232 Å². The molecule has 0 aromatic carbocycles. The first-order valence-electron chi connectivity index (χ1n) is 6.45. The van der Waals surface area contributed by atoms with Gasteiger partial charge in [0.15, 0.2) is 6.23 Å². The van der Waals surface area contributed by atoms with Crippen molar-refractivity contribution >= 4 is 21.5 Å². The van der Waals surface area contributed by atoms with E-state index in [1.165, 1.54) is 6.07 Å². The molecule has 142 valence electrons. The number of anilines is 1. The zero-order chi connectivity index (χ0) is 19.0. The molecule has 3 unspecified atom stereocenters. The van der Waals surface area contributed by atoms with Crippen molar-refractivity contribution in [3.63, 3.8) is 0 Å².